The van der Waals surface area contributed by atoms with Gasteiger partial charge in [-0.25, -0.2) is 0 Å². The molecule has 0 saturated carbocycles. The first-order valence-corrected chi connectivity index (χ1v) is 2.18. The summed E-state index contributed by atoms with van der Waals surface area (Å²) in [5, 5.41) is 0. The van der Waals surface area contributed by atoms with Gasteiger partial charge in [-0.05, 0) is 0 Å². The largest absolute Gasteiger partial charge is 0.394 e. The van der Waals surface area contributed by atoms with Gasteiger partial charge < -0.3 is 4.98 Å². The molecule has 0 fully saturated rings. The summed E-state index contributed by atoms with van der Waals surface area (Å²) in [6.07, 6.45) is 4.46. The van der Waals surface area contributed by atoms with E-state index in [1.807, 2.05) is 13.0 Å². The molecule has 8 heavy (non-hydrogen) atoms. The van der Waals surface area contributed by atoms with Gasteiger partial charge in [-0.3, -0.25) is 0 Å². The number of pyridine rings is 1. The minimum absolute atomic E-state index is 0. The summed E-state index contributed by atoms with van der Waals surface area (Å²) in [4.78, 5) is 3.76. The van der Waals surface area contributed by atoms with Crippen LogP contribution >= 0.6 is 0 Å². The first-order chi connectivity index (χ1) is 3.39. The van der Waals surface area contributed by atoms with Gasteiger partial charge in [0.1, 0.15) is 0 Å². The van der Waals surface area contributed by atoms with Gasteiger partial charge >= 0.3 is 0 Å². The van der Waals surface area contributed by atoms with E-state index < -0.39 is 0 Å². The fraction of sp³-hybridized carbons (Fsp3) is 0.167. The molecule has 0 aliphatic carbocycles. The Balaban J connectivity index is 0.000000490. The Morgan fingerprint density at radius 2 is 2.38 bits per heavy atom. The van der Waals surface area contributed by atoms with Crippen LogP contribution in [0, 0.1) is 13.1 Å². The molecule has 0 spiro atoms. The van der Waals surface area contributed by atoms with Crippen molar-refractivity contribution in [1.82, 2.24) is 4.98 Å². The van der Waals surface area contributed by atoms with Crippen LogP contribution in [0.5, 0.6) is 0 Å². The molecule has 1 aromatic heterocycles. The molecule has 2 heteroatoms. The van der Waals surface area contributed by atoms with Crippen molar-refractivity contribution in [3.63, 3.8) is 0 Å². The predicted octanol–water partition coefficient (Wildman–Crippen LogP) is 1.19. The average molecular weight is 276 g/mol. The van der Waals surface area contributed by atoms with Gasteiger partial charge in [0.15, 0.2) is 0 Å². The van der Waals surface area contributed by atoms with E-state index in [4.69, 9.17) is 0 Å². The molecule has 42 valence electrons. The van der Waals surface area contributed by atoms with Crippen LogP contribution in [0.4, 0.5) is 0 Å². The van der Waals surface area contributed by atoms with Crippen LogP contribution in [-0.4, -0.2) is 4.98 Å². The van der Waals surface area contributed by atoms with E-state index in [9.17, 15) is 0 Å². The SMILES string of the molecule is Cc1cc[c-]nc1.[W]. The van der Waals surface area contributed by atoms with Crippen LogP contribution in [0.3, 0.4) is 0 Å². The molecule has 0 atom stereocenters. The molecular weight excluding hydrogens is 270 g/mol. The minimum Gasteiger partial charge on any atom is -0.394 e. The van der Waals surface area contributed by atoms with Gasteiger partial charge in [0.05, 0.1) is 0 Å². The molecule has 0 N–H and O–H groups in total. The Morgan fingerprint density at radius 3 is 2.62 bits per heavy atom. The smallest absolute Gasteiger partial charge is 0 e. The second kappa shape index (κ2) is 3.79. The zero-order valence-corrected chi connectivity index (χ0v) is 7.52. The number of rotatable bonds is 0. The van der Waals surface area contributed by atoms with Gasteiger partial charge in [0.2, 0.25) is 0 Å². The molecule has 0 saturated heterocycles. The topological polar surface area (TPSA) is 12.9 Å². The summed E-state index contributed by atoms with van der Waals surface area (Å²) < 4.78 is 0. The van der Waals surface area contributed by atoms with Crippen LogP contribution in [0.1, 0.15) is 5.56 Å². The van der Waals surface area contributed by atoms with Crippen molar-refractivity contribution < 1.29 is 21.1 Å². The molecule has 0 radical (unpaired) electrons. The van der Waals surface area contributed by atoms with Gasteiger partial charge in [-0.2, -0.15) is 12.1 Å². The maximum atomic E-state index is 3.76. The minimum atomic E-state index is 0. The van der Waals surface area contributed by atoms with Crippen molar-refractivity contribution in [1.29, 1.82) is 0 Å². The average Bonchev–Trinajstić information content (AvgIpc) is 1.69. The van der Waals surface area contributed by atoms with Crippen molar-refractivity contribution in [2.45, 2.75) is 6.92 Å². The summed E-state index contributed by atoms with van der Waals surface area (Å²) in [6.45, 7) is 2.00. The zero-order chi connectivity index (χ0) is 5.11. The maximum Gasteiger partial charge on any atom is 0 e. The van der Waals surface area contributed by atoms with E-state index in [1.54, 1.807) is 12.3 Å². The Hall–Kier alpha value is -0.162. The third-order valence-electron chi connectivity index (χ3n) is 0.763. The first-order valence-electron chi connectivity index (χ1n) is 2.18. The molecule has 0 aliphatic heterocycles. The van der Waals surface area contributed by atoms with Crippen molar-refractivity contribution in [2.24, 2.45) is 0 Å². The van der Waals surface area contributed by atoms with Crippen LogP contribution in [0.25, 0.3) is 0 Å². The standard InChI is InChI=1S/C6H6N.W/c1-6-3-2-4-7-5-6;/h2-3,5H,1H3;/q-1;. The Bertz CT molecular complexity index is 138. The van der Waals surface area contributed by atoms with E-state index in [-0.39, 0.29) is 21.1 Å². The van der Waals surface area contributed by atoms with E-state index in [0.29, 0.717) is 0 Å². The Kier molecular flexibility index (Phi) is 3.72. The number of aryl methyl sites for hydroxylation is 1. The number of nitrogens with zero attached hydrogens (tertiary/aromatic N) is 1. The monoisotopic (exact) mass is 276 g/mol. The maximum absolute atomic E-state index is 3.76. The van der Waals surface area contributed by atoms with Crippen molar-refractivity contribution >= 4 is 0 Å². The summed E-state index contributed by atoms with van der Waals surface area (Å²) >= 11 is 0. The molecule has 1 nitrogen and oxygen atoms in total. The van der Waals surface area contributed by atoms with Gasteiger partial charge in [0, 0.05) is 21.1 Å². The van der Waals surface area contributed by atoms with Crippen molar-refractivity contribution in [3.05, 3.63) is 30.1 Å². The molecule has 1 rings (SSSR count). The first kappa shape index (κ1) is 7.84. The summed E-state index contributed by atoms with van der Waals surface area (Å²) in [5.74, 6) is 0. The molecule has 0 aromatic carbocycles. The van der Waals surface area contributed by atoms with Gasteiger partial charge in [-0.15, -0.1) is 5.56 Å². The Labute approximate surface area is 63.4 Å². The van der Waals surface area contributed by atoms with Gasteiger partial charge in [0.25, 0.3) is 0 Å². The predicted molar refractivity (Wildman–Crippen MR) is 27.8 cm³/mol. The van der Waals surface area contributed by atoms with Gasteiger partial charge in [-0.1, -0.05) is 19.3 Å². The zero-order valence-electron chi connectivity index (χ0n) is 4.59. The summed E-state index contributed by atoms with van der Waals surface area (Å²) in [5.41, 5.74) is 1.18. The third kappa shape index (κ3) is 2.22. The number of aromatic nitrogens is 1. The van der Waals surface area contributed by atoms with E-state index in [2.05, 4.69) is 11.2 Å². The second-order valence-corrected chi connectivity index (χ2v) is 1.46. The van der Waals surface area contributed by atoms with Crippen LogP contribution in [0.2, 0.25) is 0 Å². The van der Waals surface area contributed by atoms with Crippen LogP contribution in [0.15, 0.2) is 18.3 Å². The molecular formula is C6H6NW-. The normalized spacial score (nSPS) is 7.62. The molecule has 0 aliphatic rings. The molecule has 1 heterocycles. The fourth-order valence-corrected chi connectivity index (χ4v) is 0.394. The molecule has 1 aromatic rings. The second-order valence-electron chi connectivity index (χ2n) is 1.46. The van der Waals surface area contributed by atoms with E-state index in [1.165, 1.54) is 5.56 Å². The molecule has 0 bridgehead atoms. The summed E-state index contributed by atoms with van der Waals surface area (Å²) in [7, 11) is 0. The Morgan fingerprint density at radius 1 is 1.62 bits per heavy atom. The van der Waals surface area contributed by atoms with Crippen molar-refractivity contribution in [2.75, 3.05) is 0 Å². The molecule has 0 unspecified atom stereocenters. The third-order valence-corrected chi connectivity index (χ3v) is 0.763. The number of hydrogen-bond acceptors (Lipinski definition) is 1. The quantitative estimate of drug-likeness (QED) is 0.649. The van der Waals surface area contributed by atoms with Crippen LogP contribution in [-0.2, 0) is 21.1 Å². The van der Waals surface area contributed by atoms with Crippen LogP contribution < -0.4 is 0 Å². The van der Waals surface area contributed by atoms with E-state index in [0.717, 1.165) is 0 Å². The molecule has 0 amide bonds. The van der Waals surface area contributed by atoms with Crippen molar-refractivity contribution in [3.8, 4) is 0 Å². The summed E-state index contributed by atoms with van der Waals surface area (Å²) in [6, 6.07) is 3.77. The number of hydrogen-bond donors (Lipinski definition) is 0. The van der Waals surface area contributed by atoms with E-state index >= 15 is 0 Å². The fourth-order valence-electron chi connectivity index (χ4n) is 0.394.